The minimum absolute atomic E-state index is 0.172. The molecule has 0 aliphatic heterocycles. The summed E-state index contributed by atoms with van der Waals surface area (Å²) in [5.41, 5.74) is 0.233. The zero-order chi connectivity index (χ0) is 13.3. The first-order valence-electron chi connectivity index (χ1n) is 5.99. The molecule has 0 aromatic carbocycles. The highest BCUT2D eigenvalue weighted by atomic mass is 19.4. The van der Waals surface area contributed by atoms with E-state index in [1.54, 1.807) is 6.92 Å². The van der Waals surface area contributed by atoms with Gasteiger partial charge in [0.25, 0.3) is 0 Å². The van der Waals surface area contributed by atoms with Gasteiger partial charge in [-0.25, -0.2) is 0 Å². The molecule has 1 aromatic rings. The van der Waals surface area contributed by atoms with E-state index in [0.29, 0.717) is 24.1 Å². The predicted molar refractivity (Wildman–Crippen MR) is 58.8 cm³/mol. The molecule has 18 heavy (non-hydrogen) atoms. The molecule has 1 atom stereocenters. The van der Waals surface area contributed by atoms with Crippen LogP contribution in [0.15, 0.2) is 0 Å². The highest BCUT2D eigenvalue weighted by Gasteiger charge is 2.39. The lowest BCUT2D eigenvalue weighted by molar-refractivity contribution is -0.142. The Morgan fingerprint density at radius 3 is 2.67 bits per heavy atom. The van der Waals surface area contributed by atoms with Crippen molar-refractivity contribution < 1.29 is 13.2 Å². The van der Waals surface area contributed by atoms with Gasteiger partial charge in [0.05, 0.1) is 18.5 Å². The topological polar surface area (TPSA) is 41.6 Å². The number of alkyl halides is 3. The van der Waals surface area contributed by atoms with Gasteiger partial charge in [-0.05, 0) is 32.6 Å². The summed E-state index contributed by atoms with van der Waals surface area (Å²) < 4.78 is 40.1. The number of halogens is 3. The summed E-state index contributed by atoms with van der Waals surface area (Å²) >= 11 is 0. The molecule has 1 aliphatic rings. The lowest BCUT2D eigenvalue weighted by Crippen LogP contribution is -2.13. The number of fused-ring (bicyclic) bond motifs is 1. The Kier molecular flexibility index (Phi) is 3.33. The Labute approximate surface area is 103 Å². The largest absolute Gasteiger partial charge is 0.435 e. The molecule has 2 rings (SSSR count). The number of nitriles is 1. The monoisotopic (exact) mass is 257 g/mol. The van der Waals surface area contributed by atoms with Crippen LogP contribution >= 0.6 is 0 Å². The molecule has 0 radical (unpaired) electrons. The van der Waals surface area contributed by atoms with Crippen LogP contribution in [0.1, 0.15) is 49.2 Å². The lowest BCUT2D eigenvalue weighted by Gasteiger charge is -2.17. The van der Waals surface area contributed by atoms with Crippen molar-refractivity contribution in [1.82, 2.24) is 9.78 Å². The van der Waals surface area contributed by atoms with Gasteiger partial charge in [0.1, 0.15) is 0 Å². The van der Waals surface area contributed by atoms with Crippen molar-refractivity contribution >= 4 is 0 Å². The van der Waals surface area contributed by atoms with E-state index in [2.05, 4.69) is 5.10 Å². The summed E-state index contributed by atoms with van der Waals surface area (Å²) in [5.74, 6) is 0. The molecule has 1 aromatic heterocycles. The van der Waals surface area contributed by atoms with Crippen LogP contribution in [-0.4, -0.2) is 9.78 Å². The van der Waals surface area contributed by atoms with Crippen LogP contribution < -0.4 is 0 Å². The van der Waals surface area contributed by atoms with E-state index >= 15 is 0 Å². The highest BCUT2D eigenvalue weighted by Crippen LogP contribution is 2.36. The number of rotatable bonds is 2. The fourth-order valence-corrected chi connectivity index (χ4v) is 2.44. The molecule has 0 N–H and O–H groups in total. The number of aromatic nitrogens is 2. The molecule has 6 heteroatoms. The quantitative estimate of drug-likeness (QED) is 0.816. The first-order valence-corrected chi connectivity index (χ1v) is 5.99. The third kappa shape index (κ3) is 2.22. The molecule has 3 nitrogen and oxygen atoms in total. The van der Waals surface area contributed by atoms with E-state index in [0.717, 1.165) is 12.8 Å². The van der Waals surface area contributed by atoms with Gasteiger partial charge >= 0.3 is 6.18 Å². The van der Waals surface area contributed by atoms with E-state index in [1.807, 2.05) is 6.07 Å². The fraction of sp³-hybridized carbons (Fsp3) is 0.667. The van der Waals surface area contributed by atoms with Gasteiger partial charge in [-0.15, -0.1) is 0 Å². The molecule has 0 fully saturated rings. The minimum Gasteiger partial charge on any atom is -0.265 e. The Hall–Kier alpha value is -1.51. The van der Waals surface area contributed by atoms with Crippen LogP contribution in [0.5, 0.6) is 0 Å². The lowest BCUT2D eigenvalue weighted by atomic mass is 9.95. The summed E-state index contributed by atoms with van der Waals surface area (Å²) in [6.45, 7) is 1.73. The summed E-state index contributed by atoms with van der Waals surface area (Å²) in [6.07, 6.45) is -1.52. The third-order valence-corrected chi connectivity index (χ3v) is 3.28. The van der Waals surface area contributed by atoms with E-state index < -0.39 is 11.9 Å². The molecular weight excluding hydrogens is 243 g/mol. The molecule has 98 valence electrons. The standard InChI is InChI=1S/C12H14F3N3/c1-8(6-7-16)18-10-5-3-2-4-9(10)11(17-18)12(13,14)15/h8H,2-6H2,1H3/t8-/m0/s1. The second kappa shape index (κ2) is 4.63. The maximum absolute atomic E-state index is 12.9. The smallest absolute Gasteiger partial charge is 0.265 e. The number of hydrogen-bond acceptors (Lipinski definition) is 2. The second-order valence-electron chi connectivity index (χ2n) is 4.63. The van der Waals surface area contributed by atoms with Gasteiger partial charge in [0, 0.05) is 11.3 Å². The molecule has 0 spiro atoms. The summed E-state index contributed by atoms with van der Waals surface area (Å²) in [6, 6.07) is 1.67. The summed E-state index contributed by atoms with van der Waals surface area (Å²) in [4.78, 5) is 0. The van der Waals surface area contributed by atoms with Gasteiger partial charge in [-0.2, -0.15) is 23.5 Å². The van der Waals surface area contributed by atoms with E-state index in [9.17, 15) is 13.2 Å². The first-order chi connectivity index (χ1) is 8.45. The van der Waals surface area contributed by atoms with Crippen molar-refractivity contribution in [3.05, 3.63) is 17.0 Å². The van der Waals surface area contributed by atoms with Crippen molar-refractivity contribution in [2.75, 3.05) is 0 Å². The summed E-state index contributed by atoms with van der Waals surface area (Å²) in [7, 11) is 0. The Balaban J connectivity index is 2.49. The van der Waals surface area contributed by atoms with Crippen LogP contribution in [0.4, 0.5) is 13.2 Å². The third-order valence-electron chi connectivity index (χ3n) is 3.28. The SMILES string of the molecule is C[C@@H](CC#N)n1nc(C(F)(F)F)c2c1CCCC2. The Bertz CT molecular complexity index is 482. The minimum atomic E-state index is -4.40. The van der Waals surface area contributed by atoms with Gasteiger partial charge in [0.2, 0.25) is 0 Å². The maximum atomic E-state index is 12.9. The first kappa shape index (κ1) is 12.9. The Morgan fingerprint density at radius 1 is 1.39 bits per heavy atom. The molecule has 1 aliphatic carbocycles. The van der Waals surface area contributed by atoms with Gasteiger partial charge in [0.15, 0.2) is 5.69 Å². The van der Waals surface area contributed by atoms with E-state index in [1.165, 1.54) is 4.68 Å². The molecule has 0 amide bonds. The average molecular weight is 257 g/mol. The van der Waals surface area contributed by atoms with Crippen molar-refractivity contribution in [2.24, 2.45) is 0 Å². The number of nitrogens with zero attached hydrogens (tertiary/aromatic N) is 3. The molecule has 0 unspecified atom stereocenters. The zero-order valence-electron chi connectivity index (χ0n) is 10.1. The normalized spacial score (nSPS) is 17.1. The predicted octanol–water partition coefficient (Wildman–Crippen LogP) is 3.26. The Morgan fingerprint density at radius 2 is 2.06 bits per heavy atom. The van der Waals surface area contributed by atoms with Crippen LogP contribution in [0.3, 0.4) is 0 Å². The fourth-order valence-electron chi connectivity index (χ4n) is 2.44. The van der Waals surface area contributed by atoms with Crippen LogP contribution in [0, 0.1) is 11.3 Å². The second-order valence-corrected chi connectivity index (χ2v) is 4.63. The number of hydrogen-bond donors (Lipinski definition) is 0. The van der Waals surface area contributed by atoms with Crippen molar-refractivity contribution in [1.29, 1.82) is 5.26 Å². The van der Waals surface area contributed by atoms with Crippen molar-refractivity contribution in [3.8, 4) is 6.07 Å². The van der Waals surface area contributed by atoms with Gasteiger partial charge in [-0.1, -0.05) is 0 Å². The van der Waals surface area contributed by atoms with Gasteiger partial charge < -0.3 is 0 Å². The van der Waals surface area contributed by atoms with Crippen LogP contribution in [0.2, 0.25) is 0 Å². The molecular formula is C12H14F3N3. The maximum Gasteiger partial charge on any atom is 0.435 e. The van der Waals surface area contributed by atoms with Crippen molar-refractivity contribution in [2.45, 2.75) is 51.2 Å². The molecule has 0 bridgehead atoms. The van der Waals surface area contributed by atoms with Crippen LogP contribution in [0.25, 0.3) is 0 Å². The summed E-state index contributed by atoms with van der Waals surface area (Å²) in [5, 5.41) is 12.4. The van der Waals surface area contributed by atoms with E-state index in [4.69, 9.17) is 5.26 Å². The van der Waals surface area contributed by atoms with Gasteiger partial charge in [-0.3, -0.25) is 4.68 Å². The average Bonchev–Trinajstić information content (AvgIpc) is 2.68. The van der Waals surface area contributed by atoms with Crippen molar-refractivity contribution in [3.63, 3.8) is 0 Å². The van der Waals surface area contributed by atoms with E-state index in [-0.39, 0.29) is 12.5 Å². The molecule has 0 saturated heterocycles. The van der Waals surface area contributed by atoms with Crippen LogP contribution in [-0.2, 0) is 19.0 Å². The molecule has 0 saturated carbocycles. The molecule has 1 heterocycles. The zero-order valence-corrected chi connectivity index (χ0v) is 10.1. The highest BCUT2D eigenvalue weighted by molar-refractivity contribution is 5.31.